The van der Waals surface area contributed by atoms with Crippen molar-refractivity contribution in [1.82, 2.24) is 5.32 Å². The molecule has 0 radical (unpaired) electrons. The van der Waals surface area contributed by atoms with Gasteiger partial charge in [0.1, 0.15) is 0 Å². The molecule has 0 saturated carbocycles. The molecule has 1 aromatic rings. The topological polar surface area (TPSA) is 69.6 Å². The van der Waals surface area contributed by atoms with Gasteiger partial charge in [-0.25, -0.2) is 8.78 Å². The van der Waals surface area contributed by atoms with Crippen LogP contribution in [0.4, 0.5) is 8.78 Å². The number of aliphatic hydroxyl groups excluding tert-OH is 2. The molecule has 20 heavy (non-hydrogen) atoms. The molecule has 0 saturated heterocycles. The molecular formula is C13H17F2NO3S. The molecule has 0 bridgehead atoms. The molecule has 1 rings (SSSR count). The van der Waals surface area contributed by atoms with E-state index in [0.29, 0.717) is 10.6 Å². The maximum Gasteiger partial charge on any atom is 0.221 e. The van der Waals surface area contributed by atoms with Crippen molar-refractivity contribution in [1.29, 1.82) is 0 Å². The minimum Gasteiger partial charge on any atom is -0.394 e. The van der Waals surface area contributed by atoms with Gasteiger partial charge in [0.25, 0.3) is 0 Å². The highest BCUT2D eigenvalue weighted by Crippen LogP contribution is 2.21. The maximum absolute atomic E-state index is 13.0. The molecular weight excluding hydrogens is 288 g/mol. The second-order valence-corrected chi connectivity index (χ2v) is 5.77. The first kappa shape index (κ1) is 16.9. The van der Waals surface area contributed by atoms with Crippen LogP contribution in [0.3, 0.4) is 0 Å². The van der Waals surface area contributed by atoms with Crippen molar-refractivity contribution in [3.05, 3.63) is 29.8 Å². The Labute approximate surface area is 120 Å². The quantitative estimate of drug-likeness (QED) is 0.664. The summed E-state index contributed by atoms with van der Waals surface area (Å²) < 4.78 is 25.7. The molecule has 0 aliphatic heterocycles. The van der Waals surface area contributed by atoms with Gasteiger partial charge in [0.15, 0.2) is 11.6 Å². The van der Waals surface area contributed by atoms with Gasteiger partial charge in [0.05, 0.1) is 18.8 Å². The van der Waals surface area contributed by atoms with Crippen LogP contribution in [0.2, 0.25) is 0 Å². The summed E-state index contributed by atoms with van der Waals surface area (Å²) in [5, 5.41) is 20.6. The van der Waals surface area contributed by atoms with Gasteiger partial charge in [-0.1, -0.05) is 0 Å². The highest BCUT2D eigenvalue weighted by atomic mass is 32.2. The fourth-order valence-electron chi connectivity index (χ4n) is 1.36. The van der Waals surface area contributed by atoms with Gasteiger partial charge in [-0.3, -0.25) is 4.79 Å². The molecule has 0 aliphatic carbocycles. The lowest BCUT2D eigenvalue weighted by Crippen LogP contribution is -2.51. The molecule has 112 valence electrons. The van der Waals surface area contributed by atoms with Gasteiger partial charge in [-0.05, 0) is 25.1 Å². The summed E-state index contributed by atoms with van der Waals surface area (Å²) in [5.41, 5.74) is -1.05. The maximum atomic E-state index is 13.0. The number of aliphatic hydroxyl groups is 2. The average molecular weight is 305 g/mol. The van der Waals surface area contributed by atoms with Crippen molar-refractivity contribution in [2.75, 3.05) is 19.0 Å². The third kappa shape index (κ3) is 5.07. The van der Waals surface area contributed by atoms with Crippen LogP contribution in [0.15, 0.2) is 23.1 Å². The molecule has 7 heteroatoms. The van der Waals surface area contributed by atoms with Crippen LogP contribution in [0.1, 0.15) is 13.3 Å². The summed E-state index contributed by atoms with van der Waals surface area (Å²) in [4.78, 5) is 12.1. The van der Waals surface area contributed by atoms with Crippen molar-refractivity contribution in [3.63, 3.8) is 0 Å². The fraction of sp³-hybridized carbons (Fsp3) is 0.462. The molecule has 0 fully saturated rings. The smallest absolute Gasteiger partial charge is 0.221 e. The number of carbonyl (C=O) groups is 1. The summed E-state index contributed by atoms with van der Waals surface area (Å²) in [5.74, 6) is -1.78. The van der Waals surface area contributed by atoms with Gasteiger partial charge >= 0.3 is 0 Å². The van der Waals surface area contributed by atoms with E-state index < -0.39 is 17.2 Å². The first-order chi connectivity index (χ1) is 9.40. The molecule has 1 aromatic carbocycles. The number of hydrogen-bond donors (Lipinski definition) is 3. The molecule has 0 heterocycles. The molecule has 1 amide bonds. The lowest BCUT2D eigenvalue weighted by Gasteiger charge is -2.26. The number of carbonyl (C=O) groups excluding carboxylic acids is 1. The van der Waals surface area contributed by atoms with E-state index in [2.05, 4.69) is 5.32 Å². The summed E-state index contributed by atoms with van der Waals surface area (Å²) in [6.45, 7) is 0.782. The highest BCUT2D eigenvalue weighted by Gasteiger charge is 2.24. The number of amides is 1. The van der Waals surface area contributed by atoms with E-state index in [4.69, 9.17) is 10.2 Å². The lowest BCUT2D eigenvalue weighted by atomic mass is 10.1. The number of halogens is 2. The number of rotatable bonds is 7. The van der Waals surface area contributed by atoms with E-state index in [1.807, 2.05) is 0 Å². The van der Waals surface area contributed by atoms with Crippen LogP contribution in [-0.2, 0) is 4.79 Å². The van der Waals surface area contributed by atoms with Crippen LogP contribution in [0.25, 0.3) is 0 Å². The first-order valence-corrected chi connectivity index (χ1v) is 6.99. The zero-order valence-corrected chi connectivity index (χ0v) is 11.8. The monoisotopic (exact) mass is 305 g/mol. The number of benzene rings is 1. The van der Waals surface area contributed by atoms with Crippen molar-refractivity contribution >= 4 is 17.7 Å². The second kappa shape index (κ2) is 7.56. The van der Waals surface area contributed by atoms with Crippen LogP contribution < -0.4 is 5.32 Å². The summed E-state index contributed by atoms with van der Waals surface area (Å²) in [6.07, 6.45) is 0.138. The van der Waals surface area contributed by atoms with Gasteiger partial charge in [0.2, 0.25) is 5.91 Å². The van der Waals surface area contributed by atoms with Crippen LogP contribution in [0, 0.1) is 11.6 Å². The van der Waals surface area contributed by atoms with Gasteiger partial charge < -0.3 is 15.5 Å². The van der Waals surface area contributed by atoms with Crippen molar-refractivity contribution in [2.45, 2.75) is 23.8 Å². The normalized spacial score (nSPS) is 11.4. The number of thioether (sulfide) groups is 1. The van der Waals surface area contributed by atoms with Crippen molar-refractivity contribution < 1.29 is 23.8 Å². The van der Waals surface area contributed by atoms with E-state index in [1.54, 1.807) is 0 Å². The van der Waals surface area contributed by atoms with E-state index in [1.165, 1.54) is 24.8 Å². The molecule has 3 N–H and O–H groups in total. The largest absolute Gasteiger partial charge is 0.394 e. The van der Waals surface area contributed by atoms with Gasteiger partial charge in [0, 0.05) is 17.1 Å². The first-order valence-electron chi connectivity index (χ1n) is 6.01. The van der Waals surface area contributed by atoms with E-state index >= 15 is 0 Å². The molecule has 0 unspecified atom stereocenters. The second-order valence-electron chi connectivity index (χ2n) is 4.60. The lowest BCUT2D eigenvalue weighted by molar-refractivity contribution is -0.123. The number of nitrogens with one attached hydrogen (secondary N) is 1. The van der Waals surface area contributed by atoms with Crippen LogP contribution in [0.5, 0.6) is 0 Å². The Morgan fingerprint density at radius 3 is 2.50 bits per heavy atom. The van der Waals surface area contributed by atoms with Crippen molar-refractivity contribution in [2.24, 2.45) is 0 Å². The Bertz CT molecular complexity index is 467. The predicted molar refractivity (Wildman–Crippen MR) is 72.4 cm³/mol. The summed E-state index contributed by atoms with van der Waals surface area (Å²) >= 11 is 1.22. The summed E-state index contributed by atoms with van der Waals surface area (Å²) in [7, 11) is 0. The standard InChI is InChI=1S/C13H17F2NO3S/c1-13(7-17,8-18)16-12(19)4-5-20-9-2-3-10(14)11(15)6-9/h2-3,6,17-18H,4-5,7-8H2,1H3,(H,16,19). The molecule has 0 atom stereocenters. The zero-order valence-electron chi connectivity index (χ0n) is 11.0. The van der Waals surface area contributed by atoms with E-state index in [9.17, 15) is 13.6 Å². The Hall–Kier alpha value is -1.18. The Balaban J connectivity index is 2.40. The minimum atomic E-state index is -1.05. The minimum absolute atomic E-state index is 0.138. The van der Waals surface area contributed by atoms with Crippen LogP contribution in [-0.4, -0.2) is 40.6 Å². The van der Waals surface area contributed by atoms with E-state index in [0.717, 1.165) is 12.1 Å². The Kier molecular flexibility index (Phi) is 6.38. The molecule has 0 spiro atoms. The highest BCUT2D eigenvalue weighted by molar-refractivity contribution is 7.99. The zero-order chi connectivity index (χ0) is 15.2. The molecule has 4 nitrogen and oxygen atoms in total. The van der Waals surface area contributed by atoms with Gasteiger partial charge in [-0.15, -0.1) is 11.8 Å². The third-order valence-electron chi connectivity index (χ3n) is 2.63. The van der Waals surface area contributed by atoms with Gasteiger partial charge in [-0.2, -0.15) is 0 Å². The SMILES string of the molecule is CC(CO)(CO)NC(=O)CCSc1ccc(F)c(F)c1. The number of hydrogen-bond acceptors (Lipinski definition) is 4. The van der Waals surface area contributed by atoms with Crippen LogP contribution >= 0.6 is 11.8 Å². The fourth-order valence-corrected chi connectivity index (χ4v) is 2.23. The predicted octanol–water partition coefficient (Wildman–Crippen LogP) is 1.31. The average Bonchev–Trinajstić information content (AvgIpc) is 2.42. The van der Waals surface area contributed by atoms with Crippen molar-refractivity contribution in [3.8, 4) is 0 Å². The molecule has 0 aliphatic rings. The van der Waals surface area contributed by atoms with E-state index in [-0.39, 0.29) is 25.5 Å². The molecule has 0 aromatic heterocycles. The Morgan fingerprint density at radius 1 is 1.30 bits per heavy atom. The third-order valence-corrected chi connectivity index (χ3v) is 3.62. The Morgan fingerprint density at radius 2 is 1.95 bits per heavy atom. The summed E-state index contributed by atoms with van der Waals surface area (Å²) in [6, 6.07) is 3.54.